The lowest BCUT2D eigenvalue weighted by molar-refractivity contribution is -0.118. The van der Waals surface area contributed by atoms with Crippen LogP contribution in [0.5, 0.6) is 0 Å². The lowest BCUT2D eigenvalue weighted by Crippen LogP contribution is -2.25. The van der Waals surface area contributed by atoms with Crippen LogP contribution in [0.2, 0.25) is 0 Å². The average molecular weight is 312 g/mol. The smallest absolute Gasteiger partial charge is 0.240 e. The van der Waals surface area contributed by atoms with E-state index in [9.17, 15) is 18.0 Å². The molecule has 3 N–H and O–H groups in total. The van der Waals surface area contributed by atoms with E-state index in [1.165, 1.54) is 12.1 Å². The Kier molecular flexibility index (Phi) is 6.51. The molecule has 0 saturated carbocycles. The molecule has 6 nitrogen and oxygen atoms in total. The van der Waals surface area contributed by atoms with E-state index >= 15 is 0 Å². The van der Waals surface area contributed by atoms with Gasteiger partial charge >= 0.3 is 0 Å². The third kappa shape index (κ3) is 5.65. The fourth-order valence-corrected chi connectivity index (χ4v) is 2.87. The first-order valence-corrected chi connectivity index (χ1v) is 8.26. The van der Waals surface area contributed by atoms with Crippen molar-refractivity contribution in [1.82, 2.24) is 4.72 Å². The molecule has 0 atom stereocenters. The van der Waals surface area contributed by atoms with Crippen LogP contribution in [0.15, 0.2) is 29.2 Å². The molecule has 116 valence electrons. The fourth-order valence-electron chi connectivity index (χ4n) is 1.75. The molecule has 1 aromatic rings. The number of rotatable bonds is 9. The Balaban J connectivity index is 2.66. The molecule has 0 aliphatic carbocycles. The monoisotopic (exact) mass is 312 g/mol. The largest absolute Gasteiger partial charge is 0.370 e. The maximum absolute atomic E-state index is 12.1. The molecule has 0 aliphatic rings. The predicted octanol–water partition coefficient (Wildman–Crippen LogP) is 1.21. The van der Waals surface area contributed by atoms with E-state index in [2.05, 4.69) is 4.72 Å². The quantitative estimate of drug-likeness (QED) is 0.528. The SMILES string of the molecule is CCC(=O)c1cccc(S(=O)(=O)NCCCCC(N)=O)c1. The highest BCUT2D eigenvalue weighted by Gasteiger charge is 2.15. The third-order valence-electron chi connectivity index (χ3n) is 2.93. The number of unbranched alkanes of at least 4 members (excludes halogenated alkanes) is 1. The summed E-state index contributed by atoms with van der Waals surface area (Å²) in [6, 6.07) is 5.96. The van der Waals surface area contributed by atoms with E-state index in [0.717, 1.165) is 0 Å². The van der Waals surface area contributed by atoms with Crippen LogP contribution in [0.25, 0.3) is 0 Å². The van der Waals surface area contributed by atoms with Crippen LogP contribution < -0.4 is 10.5 Å². The van der Waals surface area contributed by atoms with Gasteiger partial charge in [0.1, 0.15) is 0 Å². The molecule has 0 fully saturated rings. The van der Waals surface area contributed by atoms with Crippen molar-refractivity contribution in [3.63, 3.8) is 0 Å². The topological polar surface area (TPSA) is 106 Å². The van der Waals surface area contributed by atoms with E-state index in [4.69, 9.17) is 5.73 Å². The Bertz CT molecular complexity index is 611. The van der Waals surface area contributed by atoms with Crippen LogP contribution in [0.4, 0.5) is 0 Å². The molecule has 0 heterocycles. The molecule has 0 aliphatic heterocycles. The van der Waals surface area contributed by atoms with Crippen molar-refractivity contribution in [2.45, 2.75) is 37.5 Å². The lowest BCUT2D eigenvalue weighted by atomic mass is 10.1. The highest BCUT2D eigenvalue weighted by Crippen LogP contribution is 2.13. The number of primary amides is 1. The van der Waals surface area contributed by atoms with Crippen LogP contribution in [-0.2, 0) is 14.8 Å². The molecular weight excluding hydrogens is 292 g/mol. The summed E-state index contributed by atoms with van der Waals surface area (Å²) in [6.07, 6.45) is 1.62. The van der Waals surface area contributed by atoms with Gasteiger partial charge in [-0.05, 0) is 25.0 Å². The number of ketones is 1. The maximum Gasteiger partial charge on any atom is 0.240 e. The number of amides is 1. The van der Waals surface area contributed by atoms with Crippen molar-refractivity contribution in [3.05, 3.63) is 29.8 Å². The molecule has 1 rings (SSSR count). The minimum atomic E-state index is -3.64. The van der Waals surface area contributed by atoms with Gasteiger partial charge < -0.3 is 5.73 Å². The van der Waals surface area contributed by atoms with Gasteiger partial charge in [0.15, 0.2) is 5.78 Å². The predicted molar refractivity (Wildman–Crippen MR) is 79.3 cm³/mol. The van der Waals surface area contributed by atoms with Gasteiger partial charge in [-0.1, -0.05) is 19.1 Å². The Morgan fingerprint density at radius 3 is 2.57 bits per heavy atom. The first-order chi connectivity index (χ1) is 9.86. The number of nitrogens with one attached hydrogen (secondary N) is 1. The standard InChI is InChI=1S/C14H20N2O4S/c1-2-13(17)11-6-5-7-12(10-11)21(19,20)16-9-4-3-8-14(15)18/h5-7,10,16H,2-4,8-9H2,1H3,(H2,15,18). The van der Waals surface area contributed by atoms with Crippen LogP contribution in [0.3, 0.4) is 0 Å². The third-order valence-corrected chi connectivity index (χ3v) is 4.39. The number of nitrogens with two attached hydrogens (primary N) is 1. The van der Waals surface area contributed by atoms with Crippen molar-refractivity contribution in [1.29, 1.82) is 0 Å². The Hall–Kier alpha value is -1.73. The number of carbonyl (C=O) groups excluding carboxylic acids is 2. The molecule has 0 unspecified atom stereocenters. The molecule has 0 aromatic heterocycles. The van der Waals surface area contributed by atoms with Crippen molar-refractivity contribution >= 4 is 21.7 Å². The first kappa shape index (κ1) is 17.3. The van der Waals surface area contributed by atoms with E-state index in [1.807, 2.05) is 0 Å². The summed E-state index contributed by atoms with van der Waals surface area (Å²) in [7, 11) is -3.64. The summed E-state index contributed by atoms with van der Waals surface area (Å²) >= 11 is 0. The number of sulfonamides is 1. The minimum Gasteiger partial charge on any atom is -0.370 e. The maximum atomic E-state index is 12.1. The Labute approximate surface area is 124 Å². The normalized spacial score (nSPS) is 11.3. The molecule has 0 spiro atoms. The summed E-state index contributed by atoms with van der Waals surface area (Å²) in [5.41, 5.74) is 5.38. The van der Waals surface area contributed by atoms with Crippen molar-refractivity contribution in [2.24, 2.45) is 5.73 Å². The summed E-state index contributed by atoms with van der Waals surface area (Å²) in [6.45, 7) is 1.95. The molecule has 7 heteroatoms. The number of hydrogen-bond acceptors (Lipinski definition) is 4. The zero-order chi connectivity index (χ0) is 15.9. The number of carbonyl (C=O) groups is 2. The van der Waals surface area contributed by atoms with Crippen molar-refractivity contribution in [2.75, 3.05) is 6.54 Å². The van der Waals surface area contributed by atoms with E-state index < -0.39 is 15.9 Å². The second-order valence-corrected chi connectivity index (χ2v) is 6.39. The molecule has 1 aromatic carbocycles. The summed E-state index contributed by atoms with van der Waals surface area (Å²) < 4.78 is 26.6. The molecule has 0 saturated heterocycles. The zero-order valence-corrected chi connectivity index (χ0v) is 12.8. The fraction of sp³-hybridized carbons (Fsp3) is 0.429. The molecule has 21 heavy (non-hydrogen) atoms. The molecule has 0 bridgehead atoms. The lowest BCUT2D eigenvalue weighted by Gasteiger charge is -2.07. The Morgan fingerprint density at radius 1 is 1.24 bits per heavy atom. The van der Waals surface area contributed by atoms with Gasteiger partial charge in [0, 0.05) is 24.9 Å². The van der Waals surface area contributed by atoms with Crippen LogP contribution in [-0.4, -0.2) is 26.7 Å². The molecule has 0 radical (unpaired) electrons. The second-order valence-electron chi connectivity index (χ2n) is 4.63. The van der Waals surface area contributed by atoms with Gasteiger partial charge in [-0.2, -0.15) is 0 Å². The number of benzene rings is 1. The van der Waals surface area contributed by atoms with Crippen molar-refractivity contribution < 1.29 is 18.0 Å². The van der Waals surface area contributed by atoms with E-state index in [1.54, 1.807) is 19.1 Å². The van der Waals surface area contributed by atoms with Gasteiger partial charge in [0.25, 0.3) is 0 Å². The van der Waals surface area contributed by atoms with Gasteiger partial charge in [0.05, 0.1) is 4.90 Å². The van der Waals surface area contributed by atoms with Crippen LogP contribution >= 0.6 is 0 Å². The van der Waals surface area contributed by atoms with Gasteiger partial charge in [0.2, 0.25) is 15.9 Å². The number of hydrogen-bond donors (Lipinski definition) is 2. The zero-order valence-electron chi connectivity index (χ0n) is 12.0. The van der Waals surface area contributed by atoms with Crippen LogP contribution in [0.1, 0.15) is 43.0 Å². The summed E-state index contributed by atoms with van der Waals surface area (Å²) in [5.74, 6) is -0.503. The first-order valence-electron chi connectivity index (χ1n) is 6.78. The summed E-state index contributed by atoms with van der Waals surface area (Å²) in [5, 5.41) is 0. The molecule has 1 amide bonds. The van der Waals surface area contributed by atoms with Gasteiger partial charge in [-0.25, -0.2) is 13.1 Å². The van der Waals surface area contributed by atoms with E-state index in [-0.39, 0.29) is 23.6 Å². The highest BCUT2D eigenvalue weighted by molar-refractivity contribution is 7.89. The number of Topliss-reactive ketones (excluding diaryl/α,β-unsaturated/α-hetero) is 1. The minimum absolute atomic E-state index is 0.0664. The average Bonchev–Trinajstić information content (AvgIpc) is 2.45. The van der Waals surface area contributed by atoms with E-state index in [0.29, 0.717) is 24.8 Å². The summed E-state index contributed by atoms with van der Waals surface area (Å²) in [4.78, 5) is 22.2. The highest BCUT2D eigenvalue weighted by atomic mass is 32.2. The van der Waals surface area contributed by atoms with Gasteiger partial charge in [-0.3, -0.25) is 9.59 Å². The van der Waals surface area contributed by atoms with Crippen LogP contribution in [0, 0.1) is 0 Å². The second kappa shape index (κ2) is 7.90. The van der Waals surface area contributed by atoms with Gasteiger partial charge in [-0.15, -0.1) is 0 Å². The Morgan fingerprint density at radius 2 is 1.95 bits per heavy atom. The van der Waals surface area contributed by atoms with Crippen molar-refractivity contribution in [3.8, 4) is 0 Å². The molecular formula is C14H20N2O4S.